The van der Waals surface area contributed by atoms with Crippen LogP contribution in [0.2, 0.25) is 0 Å². The molecule has 170 valence electrons. The Balaban J connectivity index is 1.74. The molecular formula is C26H27N3O3S. The average molecular weight is 462 g/mol. The Morgan fingerprint density at radius 2 is 1.88 bits per heavy atom. The fourth-order valence-electron chi connectivity index (χ4n) is 4.05. The number of benzene rings is 2. The molecule has 0 amide bonds. The molecule has 0 aliphatic rings. The second-order valence-electron chi connectivity index (χ2n) is 7.90. The average Bonchev–Trinajstić information content (AvgIpc) is 3.11. The smallest absolute Gasteiger partial charge is 0.266 e. The van der Waals surface area contributed by atoms with E-state index in [9.17, 15) is 9.59 Å². The van der Waals surface area contributed by atoms with E-state index in [0.717, 1.165) is 29.9 Å². The van der Waals surface area contributed by atoms with Crippen molar-refractivity contribution in [1.82, 2.24) is 14.1 Å². The largest absolute Gasteiger partial charge is 0.497 e. The van der Waals surface area contributed by atoms with Gasteiger partial charge in [-0.15, -0.1) is 0 Å². The van der Waals surface area contributed by atoms with Crippen LogP contribution in [0.4, 0.5) is 0 Å². The molecule has 0 saturated carbocycles. The quantitative estimate of drug-likeness (QED) is 0.205. The van der Waals surface area contributed by atoms with Crippen molar-refractivity contribution in [2.75, 3.05) is 12.9 Å². The van der Waals surface area contributed by atoms with Crippen molar-refractivity contribution in [2.24, 2.45) is 0 Å². The Labute approximate surface area is 197 Å². The molecule has 7 heteroatoms. The molecule has 0 aliphatic carbocycles. The van der Waals surface area contributed by atoms with Crippen LogP contribution < -0.4 is 10.3 Å². The summed E-state index contributed by atoms with van der Waals surface area (Å²) >= 11 is 1.28. The van der Waals surface area contributed by atoms with E-state index in [1.54, 1.807) is 23.8 Å². The van der Waals surface area contributed by atoms with Crippen LogP contribution in [-0.2, 0) is 6.54 Å². The van der Waals surface area contributed by atoms with Crippen LogP contribution in [0.1, 0.15) is 35.1 Å². The number of nitrogens with zero attached hydrogens (tertiary/aromatic N) is 3. The number of carbonyl (C=O) groups excluding carboxylic acids is 1. The number of hydrogen-bond acceptors (Lipinski definition) is 5. The summed E-state index contributed by atoms with van der Waals surface area (Å²) in [6.07, 6.45) is 1.01. The monoisotopic (exact) mass is 461 g/mol. The molecule has 0 N–H and O–H groups in total. The van der Waals surface area contributed by atoms with Crippen LogP contribution >= 0.6 is 11.8 Å². The van der Waals surface area contributed by atoms with E-state index < -0.39 is 0 Å². The number of ketones is 1. The van der Waals surface area contributed by atoms with Gasteiger partial charge in [-0.2, -0.15) is 0 Å². The van der Waals surface area contributed by atoms with Crippen LogP contribution in [0.15, 0.2) is 64.5 Å². The van der Waals surface area contributed by atoms with Crippen molar-refractivity contribution in [3.8, 4) is 11.4 Å². The normalized spacial score (nSPS) is 11.2. The van der Waals surface area contributed by atoms with Crippen molar-refractivity contribution in [2.45, 2.75) is 38.9 Å². The number of ether oxygens (including phenoxy) is 1. The number of carbonyl (C=O) groups is 1. The van der Waals surface area contributed by atoms with Crippen LogP contribution in [0.25, 0.3) is 16.6 Å². The summed E-state index contributed by atoms with van der Waals surface area (Å²) in [6, 6.07) is 16.5. The van der Waals surface area contributed by atoms with Crippen LogP contribution in [-0.4, -0.2) is 32.8 Å². The summed E-state index contributed by atoms with van der Waals surface area (Å²) < 4.78 is 9.08. The van der Waals surface area contributed by atoms with Crippen LogP contribution in [0.5, 0.6) is 5.75 Å². The first kappa shape index (κ1) is 22.9. The molecule has 0 unspecified atom stereocenters. The summed E-state index contributed by atoms with van der Waals surface area (Å²) in [6.45, 7) is 7.03. The van der Waals surface area contributed by atoms with Crippen LogP contribution in [0, 0.1) is 13.8 Å². The second kappa shape index (κ2) is 9.67. The number of aromatic nitrogens is 3. The number of fused-ring (bicyclic) bond motifs is 1. The topological polar surface area (TPSA) is 66.1 Å². The van der Waals surface area contributed by atoms with Gasteiger partial charge in [0.15, 0.2) is 10.9 Å². The lowest BCUT2D eigenvalue weighted by molar-refractivity contribution is 0.102. The molecule has 0 bridgehead atoms. The fourth-order valence-corrected chi connectivity index (χ4v) is 4.94. The summed E-state index contributed by atoms with van der Waals surface area (Å²) in [7, 11) is 1.59. The number of para-hydroxylation sites is 1. The van der Waals surface area contributed by atoms with E-state index in [4.69, 9.17) is 9.72 Å². The van der Waals surface area contributed by atoms with Gasteiger partial charge in [0.05, 0.1) is 29.5 Å². The maximum atomic E-state index is 13.4. The molecule has 6 nitrogen and oxygen atoms in total. The molecule has 0 spiro atoms. The predicted octanol–water partition coefficient (Wildman–Crippen LogP) is 5.20. The maximum Gasteiger partial charge on any atom is 0.266 e. The summed E-state index contributed by atoms with van der Waals surface area (Å²) in [5.74, 6) is 0.850. The van der Waals surface area contributed by atoms with E-state index >= 15 is 0 Å². The van der Waals surface area contributed by atoms with Gasteiger partial charge in [0.2, 0.25) is 0 Å². The van der Waals surface area contributed by atoms with Crippen molar-refractivity contribution in [3.05, 3.63) is 81.9 Å². The van der Waals surface area contributed by atoms with Gasteiger partial charge in [-0.05, 0) is 50.6 Å². The number of aryl methyl sites for hydroxylation is 1. The molecule has 2 heterocycles. The van der Waals surface area contributed by atoms with Crippen LogP contribution in [0.3, 0.4) is 0 Å². The Bertz CT molecular complexity index is 1390. The van der Waals surface area contributed by atoms with Gasteiger partial charge in [-0.1, -0.05) is 36.9 Å². The highest BCUT2D eigenvalue weighted by Gasteiger charge is 2.19. The Morgan fingerprint density at radius 1 is 1.09 bits per heavy atom. The van der Waals surface area contributed by atoms with E-state index in [0.29, 0.717) is 27.5 Å². The lowest BCUT2D eigenvalue weighted by Crippen LogP contribution is -2.22. The molecule has 0 aliphatic heterocycles. The predicted molar refractivity (Wildman–Crippen MR) is 133 cm³/mol. The molecule has 0 radical (unpaired) electrons. The summed E-state index contributed by atoms with van der Waals surface area (Å²) in [5.41, 5.74) is 3.87. The summed E-state index contributed by atoms with van der Waals surface area (Å²) in [4.78, 5) is 31.3. The first-order chi connectivity index (χ1) is 15.9. The molecule has 2 aromatic carbocycles. The van der Waals surface area contributed by atoms with Gasteiger partial charge in [0, 0.05) is 29.6 Å². The van der Waals surface area contributed by atoms with Gasteiger partial charge >= 0.3 is 0 Å². The van der Waals surface area contributed by atoms with Gasteiger partial charge in [-0.25, -0.2) is 4.98 Å². The first-order valence-corrected chi connectivity index (χ1v) is 11.9. The fraction of sp³-hybridized carbons (Fsp3) is 0.269. The maximum absolute atomic E-state index is 13.4. The molecule has 4 rings (SSSR count). The number of Topliss-reactive ketones (excluding diaryl/α,β-unsaturated/α-hetero) is 1. The molecule has 0 atom stereocenters. The highest BCUT2D eigenvalue weighted by molar-refractivity contribution is 7.99. The van der Waals surface area contributed by atoms with Gasteiger partial charge < -0.3 is 9.30 Å². The van der Waals surface area contributed by atoms with Crippen molar-refractivity contribution in [1.29, 1.82) is 0 Å². The zero-order valence-electron chi connectivity index (χ0n) is 19.3. The van der Waals surface area contributed by atoms with Gasteiger partial charge in [-0.3, -0.25) is 14.2 Å². The second-order valence-corrected chi connectivity index (χ2v) is 8.84. The van der Waals surface area contributed by atoms with Crippen molar-refractivity contribution < 1.29 is 9.53 Å². The van der Waals surface area contributed by atoms with E-state index in [1.807, 2.05) is 56.3 Å². The third kappa shape index (κ3) is 4.46. The molecule has 4 aromatic rings. The molecule has 2 aromatic heterocycles. The molecule has 0 fully saturated rings. The number of thioether (sulfide) groups is 1. The highest BCUT2D eigenvalue weighted by Crippen LogP contribution is 2.25. The number of methoxy groups -OCH3 is 1. The zero-order chi connectivity index (χ0) is 23.5. The molecule has 33 heavy (non-hydrogen) atoms. The minimum absolute atomic E-state index is 0.0232. The Hall–Kier alpha value is -3.32. The number of hydrogen-bond donors (Lipinski definition) is 0. The van der Waals surface area contributed by atoms with E-state index in [-0.39, 0.29) is 17.1 Å². The summed E-state index contributed by atoms with van der Waals surface area (Å²) in [5, 5.41) is 1.00. The van der Waals surface area contributed by atoms with Crippen molar-refractivity contribution in [3.63, 3.8) is 0 Å². The highest BCUT2D eigenvalue weighted by atomic mass is 32.2. The Kier molecular flexibility index (Phi) is 6.70. The molecular weight excluding hydrogens is 434 g/mol. The lowest BCUT2D eigenvalue weighted by Gasteiger charge is -2.14. The van der Waals surface area contributed by atoms with E-state index in [1.165, 1.54) is 11.8 Å². The first-order valence-electron chi connectivity index (χ1n) is 10.9. The minimum Gasteiger partial charge on any atom is -0.497 e. The van der Waals surface area contributed by atoms with E-state index in [2.05, 4.69) is 11.5 Å². The Morgan fingerprint density at radius 3 is 2.64 bits per heavy atom. The lowest BCUT2D eigenvalue weighted by atomic mass is 10.2. The third-order valence-corrected chi connectivity index (χ3v) is 6.65. The van der Waals surface area contributed by atoms with Crippen molar-refractivity contribution >= 4 is 28.4 Å². The minimum atomic E-state index is -0.176. The standard InChI is InChI=1S/C26H27N3O3S/c1-5-13-28-17(2)14-22(18(28)3)24(30)16-33-26-27-23-12-7-6-11-21(23)25(31)29(26)19-9-8-10-20(15-19)32-4/h6-12,14-15H,5,13,16H2,1-4H3. The number of rotatable bonds is 8. The van der Waals surface area contributed by atoms with Gasteiger partial charge in [0.1, 0.15) is 5.75 Å². The molecule has 0 saturated heterocycles. The van der Waals surface area contributed by atoms with Gasteiger partial charge in [0.25, 0.3) is 5.56 Å². The third-order valence-electron chi connectivity index (χ3n) is 5.71. The SMILES string of the molecule is CCCn1c(C)cc(C(=O)CSc2nc3ccccc3c(=O)n2-c2cccc(OC)c2)c1C. The zero-order valence-corrected chi connectivity index (χ0v) is 20.1.